The van der Waals surface area contributed by atoms with Gasteiger partial charge in [0.15, 0.2) is 0 Å². The van der Waals surface area contributed by atoms with Gasteiger partial charge in [-0.15, -0.1) is 0 Å². The van der Waals surface area contributed by atoms with E-state index in [-0.39, 0.29) is 13.2 Å². The minimum Gasteiger partial charge on any atom is -0.375 e. The molecule has 2 N–H and O–H groups in total. The summed E-state index contributed by atoms with van der Waals surface area (Å²) in [7, 11) is 1.34. The van der Waals surface area contributed by atoms with Crippen molar-refractivity contribution in [1.82, 2.24) is 15.8 Å². The van der Waals surface area contributed by atoms with Crippen molar-refractivity contribution < 1.29 is 19.1 Å². The van der Waals surface area contributed by atoms with E-state index < -0.39 is 17.8 Å². The van der Waals surface area contributed by atoms with Gasteiger partial charge in [-0.1, -0.05) is 0 Å². The zero-order valence-electron chi connectivity index (χ0n) is 6.99. The second-order valence-electron chi connectivity index (χ2n) is 2.36. The summed E-state index contributed by atoms with van der Waals surface area (Å²) in [6.07, 6.45) is 0. The number of imide groups is 1. The van der Waals surface area contributed by atoms with E-state index in [2.05, 4.69) is 15.5 Å². The number of hydrogen-bond acceptors (Lipinski definition) is 4. The van der Waals surface area contributed by atoms with E-state index in [9.17, 15) is 14.4 Å². The summed E-state index contributed by atoms with van der Waals surface area (Å²) in [6.45, 7) is -0.289. The van der Waals surface area contributed by atoms with Crippen LogP contribution in [0.3, 0.4) is 0 Å². The van der Waals surface area contributed by atoms with E-state index in [0.717, 1.165) is 0 Å². The molecule has 1 saturated heterocycles. The van der Waals surface area contributed by atoms with E-state index in [1.165, 1.54) is 7.11 Å². The molecule has 0 radical (unpaired) electrons. The van der Waals surface area contributed by atoms with Crippen molar-refractivity contribution in [3.05, 3.63) is 0 Å². The molecule has 7 heteroatoms. The van der Waals surface area contributed by atoms with E-state index in [1.54, 1.807) is 0 Å². The molecule has 0 spiro atoms. The molecule has 72 valence electrons. The fraction of sp³-hybridized carbons (Fsp3) is 0.500. The number of nitrogens with zero attached hydrogens (tertiary/aromatic N) is 1. The topological polar surface area (TPSA) is 87.7 Å². The molecule has 0 unspecified atom stereocenters. The standard InChI is InChI=1S/C6H9N3O4/c1-13-3-4(10)8-9-5(11)2-7-6(9)12/h2-3H2,1H3,(H,7,12)(H,8,10). The van der Waals surface area contributed by atoms with Crippen molar-refractivity contribution >= 4 is 17.8 Å². The lowest BCUT2D eigenvalue weighted by Gasteiger charge is -2.12. The number of rotatable bonds is 3. The third kappa shape index (κ3) is 2.15. The highest BCUT2D eigenvalue weighted by molar-refractivity contribution is 6.03. The lowest BCUT2D eigenvalue weighted by Crippen LogP contribution is -2.47. The zero-order chi connectivity index (χ0) is 9.84. The maximum atomic E-state index is 10.9. The first-order chi connectivity index (χ1) is 6.15. The maximum Gasteiger partial charge on any atom is 0.343 e. The Morgan fingerprint density at radius 1 is 1.69 bits per heavy atom. The van der Waals surface area contributed by atoms with Crippen LogP contribution < -0.4 is 10.7 Å². The summed E-state index contributed by atoms with van der Waals surface area (Å²) in [5, 5.41) is 2.88. The van der Waals surface area contributed by atoms with E-state index >= 15 is 0 Å². The first-order valence-electron chi connectivity index (χ1n) is 3.54. The second kappa shape index (κ2) is 3.85. The number of nitrogens with one attached hydrogen (secondary N) is 2. The smallest absolute Gasteiger partial charge is 0.343 e. The third-order valence-electron chi connectivity index (χ3n) is 1.36. The molecule has 1 fully saturated rings. The quantitative estimate of drug-likeness (QED) is 0.511. The molecule has 1 aliphatic rings. The van der Waals surface area contributed by atoms with Crippen LogP contribution in [0.2, 0.25) is 0 Å². The summed E-state index contributed by atoms with van der Waals surface area (Å²) in [5.74, 6) is -1.04. The van der Waals surface area contributed by atoms with Gasteiger partial charge in [0.1, 0.15) is 13.2 Å². The molecule has 0 bridgehead atoms. The average Bonchev–Trinajstić information content (AvgIpc) is 2.36. The van der Waals surface area contributed by atoms with Crippen LogP contribution >= 0.6 is 0 Å². The molecule has 13 heavy (non-hydrogen) atoms. The van der Waals surface area contributed by atoms with Crippen LogP contribution in [-0.2, 0) is 14.3 Å². The number of carbonyl (C=O) groups excluding carboxylic acids is 3. The Balaban J connectivity index is 2.48. The van der Waals surface area contributed by atoms with E-state index in [0.29, 0.717) is 5.01 Å². The summed E-state index contributed by atoms with van der Waals surface area (Å²) in [4.78, 5) is 32.7. The molecular formula is C6H9N3O4. The first kappa shape index (κ1) is 9.46. The Kier molecular flexibility index (Phi) is 2.80. The molecule has 0 aromatic rings. The number of carbonyl (C=O) groups is 3. The second-order valence-corrected chi connectivity index (χ2v) is 2.36. The van der Waals surface area contributed by atoms with Crippen LogP contribution in [0.1, 0.15) is 0 Å². The number of ether oxygens (including phenoxy) is 1. The number of hydrazine groups is 1. The Labute approximate surface area is 74.0 Å². The van der Waals surface area contributed by atoms with Crippen molar-refractivity contribution in [2.24, 2.45) is 0 Å². The number of amides is 4. The Bertz CT molecular complexity index is 236. The minimum absolute atomic E-state index is 0.0912. The van der Waals surface area contributed by atoms with Gasteiger partial charge in [-0.05, 0) is 0 Å². The van der Waals surface area contributed by atoms with Gasteiger partial charge in [0, 0.05) is 7.11 Å². The molecular weight excluding hydrogens is 178 g/mol. The third-order valence-corrected chi connectivity index (χ3v) is 1.36. The van der Waals surface area contributed by atoms with Crippen molar-refractivity contribution in [3.63, 3.8) is 0 Å². The van der Waals surface area contributed by atoms with Gasteiger partial charge >= 0.3 is 6.03 Å². The van der Waals surface area contributed by atoms with Crippen LogP contribution in [0.4, 0.5) is 4.79 Å². The van der Waals surface area contributed by atoms with E-state index in [4.69, 9.17) is 0 Å². The first-order valence-corrected chi connectivity index (χ1v) is 3.54. The number of urea groups is 1. The van der Waals surface area contributed by atoms with Gasteiger partial charge in [-0.2, -0.15) is 5.01 Å². The Morgan fingerprint density at radius 3 is 2.85 bits per heavy atom. The number of methoxy groups -OCH3 is 1. The van der Waals surface area contributed by atoms with Crippen LogP contribution in [0, 0.1) is 0 Å². The predicted molar refractivity (Wildman–Crippen MR) is 40.3 cm³/mol. The van der Waals surface area contributed by atoms with Gasteiger partial charge in [0.25, 0.3) is 11.8 Å². The molecule has 4 amide bonds. The minimum atomic E-state index is -0.630. The van der Waals surface area contributed by atoms with Gasteiger partial charge in [0.2, 0.25) is 0 Å². The monoisotopic (exact) mass is 187 g/mol. The molecule has 0 atom stereocenters. The molecule has 0 aromatic carbocycles. The van der Waals surface area contributed by atoms with Gasteiger partial charge in [0.05, 0.1) is 0 Å². The summed E-state index contributed by atoms with van der Waals surface area (Å²) >= 11 is 0. The number of hydrogen-bond donors (Lipinski definition) is 2. The normalized spacial score (nSPS) is 15.9. The molecule has 0 saturated carbocycles. The lowest BCUT2D eigenvalue weighted by atomic mass is 10.6. The van der Waals surface area contributed by atoms with Gasteiger partial charge in [-0.25, -0.2) is 4.79 Å². The van der Waals surface area contributed by atoms with Crippen molar-refractivity contribution in [1.29, 1.82) is 0 Å². The highest BCUT2D eigenvalue weighted by Gasteiger charge is 2.29. The highest BCUT2D eigenvalue weighted by atomic mass is 16.5. The Morgan fingerprint density at radius 2 is 2.38 bits per heavy atom. The van der Waals surface area contributed by atoms with Crippen molar-refractivity contribution in [2.45, 2.75) is 0 Å². The molecule has 1 rings (SSSR count). The average molecular weight is 187 g/mol. The molecule has 1 heterocycles. The highest BCUT2D eigenvalue weighted by Crippen LogP contribution is 1.93. The molecule has 0 aliphatic carbocycles. The van der Waals surface area contributed by atoms with Gasteiger partial charge in [-0.3, -0.25) is 15.0 Å². The van der Waals surface area contributed by atoms with E-state index in [1.807, 2.05) is 0 Å². The van der Waals surface area contributed by atoms with Crippen LogP contribution in [0.15, 0.2) is 0 Å². The van der Waals surface area contributed by atoms with Crippen LogP contribution in [-0.4, -0.2) is 43.1 Å². The van der Waals surface area contributed by atoms with Crippen LogP contribution in [0.5, 0.6) is 0 Å². The lowest BCUT2D eigenvalue weighted by molar-refractivity contribution is -0.136. The van der Waals surface area contributed by atoms with Crippen LogP contribution in [0.25, 0.3) is 0 Å². The largest absolute Gasteiger partial charge is 0.375 e. The van der Waals surface area contributed by atoms with Crippen molar-refractivity contribution in [3.8, 4) is 0 Å². The predicted octanol–water partition coefficient (Wildman–Crippen LogP) is -1.78. The zero-order valence-corrected chi connectivity index (χ0v) is 6.99. The van der Waals surface area contributed by atoms with Crippen molar-refractivity contribution in [2.75, 3.05) is 20.3 Å². The van der Waals surface area contributed by atoms with Gasteiger partial charge < -0.3 is 10.1 Å². The molecule has 7 nitrogen and oxygen atoms in total. The molecule has 1 aliphatic heterocycles. The fourth-order valence-corrected chi connectivity index (χ4v) is 0.824. The summed E-state index contributed by atoms with van der Waals surface area (Å²) in [5.41, 5.74) is 2.09. The fourth-order valence-electron chi connectivity index (χ4n) is 0.824. The Hall–Kier alpha value is -1.63. The summed E-state index contributed by atoms with van der Waals surface area (Å²) in [6, 6.07) is -0.630. The summed E-state index contributed by atoms with van der Waals surface area (Å²) < 4.78 is 4.50. The maximum absolute atomic E-state index is 10.9. The molecule has 0 aromatic heterocycles. The SMILES string of the molecule is COCC(=O)NN1C(=O)CNC1=O.